The molecule has 8 heteroatoms. The van der Waals surface area contributed by atoms with Gasteiger partial charge in [0.15, 0.2) is 0 Å². The Labute approximate surface area is 194 Å². The van der Waals surface area contributed by atoms with Crippen molar-refractivity contribution in [1.82, 2.24) is 25.5 Å². The summed E-state index contributed by atoms with van der Waals surface area (Å²) in [6.45, 7) is 7.81. The maximum Gasteiger partial charge on any atom is 0.326 e. The van der Waals surface area contributed by atoms with Gasteiger partial charge in [0.25, 0.3) is 0 Å². The van der Waals surface area contributed by atoms with E-state index in [-0.39, 0.29) is 12.5 Å². The molecule has 3 aromatic rings. The molecule has 174 valence electrons. The summed E-state index contributed by atoms with van der Waals surface area (Å²) >= 11 is 0. The highest BCUT2D eigenvalue weighted by atomic mass is 16.4. The van der Waals surface area contributed by atoms with Crippen molar-refractivity contribution in [2.45, 2.75) is 59.5 Å². The van der Waals surface area contributed by atoms with E-state index in [9.17, 15) is 14.7 Å². The van der Waals surface area contributed by atoms with E-state index in [2.05, 4.69) is 20.6 Å². The number of carbonyl (C=O) groups excluding carboxylic acids is 1. The number of benzene rings is 2. The fourth-order valence-corrected chi connectivity index (χ4v) is 3.96. The normalized spacial score (nSPS) is 12.4. The summed E-state index contributed by atoms with van der Waals surface area (Å²) in [7, 11) is 0. The van der Waals surface area contributed by atoms with Gasteiger partial charge in [0, 0.05) is 18.5 Å². The first kappa shape index (κ1) is 24.1. The topological polar surface area (TPSA) is 112 Å². The Bertz CT molecular complexity index is 1070. The molecule has 0 aliphatic rings. The molecule has 0 saturated carbocycles. The molecule has 2 aromatic carbocycles. The van der Waals surface area contributed by atoms with E-state index in [1.54, 1.807) is 0 Å². The number of aromatic nitrogens is 4. The van der Waals surface area contributed by atoms with Crippen LogP contribution in [0.25, 0.3) is 22.5 Å². The lowest BCUT2D eigenvalue weighted by Gasteiger charge is -2.37. The van der Waals surface area contributed by atoms with Crippen molar-refractivity contribution in [3.8, 4) is 22.5 Å². The zero-order valence-electron chi connectivity index (χ0n) is 19.6. The summed E-state index contributed by atoms with van der Waals surface area (Å²) in [6, 6.07) is 14.7. The Kier molecular flexibility index (Phi) is 7.58. The average molecular weight is 450 g/mol. The number of tetrazole rings is 1. The first-order valence-electron chi connectivity index (χ1n) is 11.2. The molecule has 0 fully saturated rings. The molecule has 1 amide bonds. The van der Waals surface area contributed by atoms with Crippen LogP contribution in [0.3, 0.4) is 0 Å². The van der Waals surface area contributed by atoms with Gasteiger partial charge in [0.05, 0.1) is 0 Å². The second-order valence-corrected chi connectivity index (χ2v) is 9.21. The van der Waals surface area contributed by atoms with Gasteiger partial charge in [-0.2, -0.15) is 5.21 Å². The Balaban J connectivity index is 1.90. The van der Waals surface area contributed by atoms with E-state index in [4.69, 9.17) is 0 Å². The molecule has 0 radical (unpaired) electrons. The molecule has 1 heterocycles. The number of carboxylic acid groups (broad SMARTS) is 1. The molecule has 8 nitrogen and oxygen atoms in total. The summed E-state index contributed by atoms with van der Waals surface area (Å²) in [5.74, 6) is -0.611. The van der Waals surface area contributed by atoms with E-state index in [0.29, 0.717) is 12.2 Å². The fraction of sp³-hybridized carbons (Fsp3) is 0.400. The number of rotatable bonds is 9. The number of nitrogens with one attached hydrogen (secondary N) is 1. The van der Waals surface area contributed by atoms with Crippen LogP contribution in [0.2, 0.25) is 0 Å². The molecule has 0 aliphatic carbocycles. The molecular formula is C25H31N5O3. The summed E-state index contributed by atoms with van der Waals surface area (Å²) < 4.78 is 0. The van der Waals surface area contributed by atoms with Crippen LogP contribution in [0.5, 0.6) is 0 Å². The average Bonchev–Trinajstić information content (AvgIpc) is 3.31. The highest BCUT2D eigenvalue weighted by Gasteiger charge is 2.38. The largest absolute Gasteiger partial charge is 0.480 e. The molecule has 1 aromatic heterocycles. The molecule has 0 spiro atoms. The summed E-state index contributed by atoms with van der Waals surface area (Å²) in [4.78, 5) is 26.6. The number of carboxylic acids is 1. The minimum Gasteiger partial charge on any atom is -0.480 e. The predicted molar refractivity (Wildman–Crippen MR) is 126 cm³/mol. The second kappa shape index (κ2) is 10.4. The monoisotopic (exact) mass is 449 g/mol. The highest BCUT2D eigenvalue weighted by Crippen LogP contribution is 2.31. The third-order valence-corrected chi connectivity index (χ3v) is 5.56. The van der Waals surface area contributed by atoms with Gasteiger partial charge in [-0.3, -0.25) is 4.79 Å². The van der Waals surface area contributed by atoms with E-state index in [1.807, 2.05) is 76.2 Å². The Morgan fingerprint density at radius 3 is 2.27 bits per heavy atom. The Morgan fingerprint density at radius 2 is 1.73 bits per heavy atom. The molecule has 0 aliphatic heterocycles. The Hall–Kier alpha value is -3.55. The van der Waals surface area contributed by atoms with Gasteiger partial charge in [0.1, 0.15) is 6.04 Å². The molecule has 33 heavy (non-hydrogen) atoms. The van der Waals surface area contributed by atoms with Gasteiger partial charge in [-0.15, -0.1) is 10.2 Å². The number of hydrogen-bond donors (Lipinski definition) is 2. The van der Waals surface area contributed by atoms with Crippen LogP contribution in [-0.2, 0) is 16.1 Å². The van der Waals surface area contributed by atoms with Crippen molar-refractivity contribution in [3.63, 3.8) is 0 Å². The van der Waals surface area contributed by atoms with Gasteiger partial charge in [0.2, 0.25) is 11.7 Å². The summed E-state index contributed by atoms with van der Waals surface area (Å²) in [6.07, 6.45) is 1.95. The number of H-pyrrole nitrogens is 1. The van der Waals surface area contributed by atoms with Gasteiger partial charge >= 0.3 is 5.97 Å². The second-order valence-electron chi connectivity index (χ2n) is 9.21. The third-order valence-electron chi connectivity index (χ3n) is 5.56. The Morgan fingerprint density at radius 1 is 1.06 bits per heavy atom. The van der Waals surface area contributed by atoms with E-state index in [1.165, 1.54) is 4.90 Å². The van der Waals surface area contributed by atoms with Crippen LogP contribution in [0.4, 0.5) is 0 Å². The van der Waals surface area contributed by atoms with Crippen molar-refractivity contribution in [3.05, 3.63) is 54.1 Å². The van der Waals surface area contributed by atoms with Crippen molar-refractivity contribution >= 4 is 11.9 Å². The van der Waals surface area contributed by atoms with Crippen molar-refractivity contribution < 1.29 is 14.7 Å². The van der Waals surface area contributed by atoms with Gasteiger partial charge < -0.3 is 10.0 Å². The van der Waals surface area contributed by atoms with Crippen LogP contribution in [0, 0.1) is 5.41 Å². The van der Waals surface area contributed by atoms with Crippen LogP contribution in [-0.4, -0.2) is 48.5 Å². The number of aliphatic carboxylic acids is 1. The molecule has 1 atom stereocenters. The number of amides is 1. The standard InChI is InChI=1S/C25H31N5O3/c1-5-6-11-21(31)30(22(24(32)33)25(2,3)4)16-17-12-14-18(15-13-17)19-9-7-8-10-20(19)23-26-28-29-27-23/h7-10,12-15,22H,5-6,11,16H2,1-4H3,(H,32,33)(H,26,27,28,29)/t22-/m1/s1. The highest BCUT2D eigenvalue weighted by molar-refractivity contribution is 5.84. The first-order valence-corrected chi connectivity index (χ1v) is 11.2. The lowest BCUT2D eigenvalue weighted by Crippen LogP contribution is -2.51. The van der Waals surface area contributed by atoms with Crippen molar-refractivity contribution in [2.24, 2.45) is 5.41 Å². The quantitative estimate of drug-likeness (QED) is 0.496. The number of nitrogens with zero attached hydrogens (tertiary/aromatic N) is 4. The number of hydrogen-bond acceptors (Lipinski definition) is 5. The zero-order chi connectivity index (χ0) is 24.0. The van der Waals surface area contributed by atoms with E-state index in [0.717, 1.165) is 35.1 Å². The zero-order valence-corrected chi connectivity index (χ0v) is 19.6. The van der Waals surface area contributed by atoms with Crippen LogP contribution < -0.4 is 0 Å². The maximum atomic E-state index is 13.0. The number of carbonyl (C=O) groups is 2. The molecule has 3 rings (SSSR count). The van der Waals surface area contributed by atoms with E-state index >= 15 is 0 Å². The minimum absolute atomic E-state index is 0.134. The number of unbranched alkanes of at least 4 members (excludes halogenated alkanes) is 1. The predicted octanol–water partition coefficient (Wildman–Crippen LogP) is 4.55. The van der Waals surface area contributed by atoms with Crippen molar-refractivity contribution in [2.75, 3.05) is 0 Å². The van der Waals surface area contributed by atoms with Crippen LogP contribution >= 0.6 is 0 Å². The summed E-state index contributed by atoms with van der Waals surface area (Å²) in [5.41, 5.74) is 3.05. The maximum absolute atomic E-state index is 13.0. The van der Waals surface area contributed by atoms with Gasteiger partial charge in [-0.25, -0.2) is 4.79 Å². The van der Waals surface area contributed by atoms with Gasteiger partial charge in [-0.1, -0.05) is 82.6 Å². The third kappa shape index (κ3) is 5.83. The fourth-order valence-electron chi connectivity index (χ4n) is 3.96. The molecule has 2 N–H and O–H groups in total. The molecular weight excluding hydrogens is 418 g/mol. The first-order chi connectivity index (χ1) is 15.7. The van der Waals surface area contributed by atoms with E-state index < -0.39 is 17.4 Å². The summed E-state index contributed by atoms with van der Waals surface area (Å²) in [5, 5.41) is 24.2. The van der Waals surface area contributed by atoms with Crippen LogP contribution in [0.1, 0.15) is 52.5 Å². The van der Waals surface area contributed by atoms with Gasteiger partial charge in [-0.05, 0) is 33.7 Å². The van der Waals surface area contributed by atoms with Crippen molar-refractivity contribution in [1.29, 1.82) is 0 Å². The SMILES string of the molecule is CCCCC(=O)N(Cc1ccc(-c2ccccc2-c2nn[nH]n2)cc1)[C@H](C(=O)O)C(C)(C)C. The minimum atomic E-state index is -0.988. The van der Waals surface area contributed by atoms with Crippen LogP contribution in [0.15, 0.2) is 48.5 Å². The molecule has 0 bridgehead atoms. The smallest absolute Gasteiger partial charge is 0.326 e. The lowest BCUT2D eigenvalue weighted by molar-refractivity contribution is -0.156. The molecule has 0 saturated heterocycles. The molecule has 0 unspecified atom stereocenters. The number of aromatic amines is 1. The lowest BCUT2D eigenvalue weighted by atomic mass is 9.85.